The van der Waals surface area contributed by atoms with Crippen molar-refractivity contribution < 1.29 is 9.18 Å². The number of halogens is 1. The number of rotatable bonds is 4. The summed E-state index contributed by atoms with van der Waals surface area (Å²) in [5.41, 5.74) is 6.05. The molecule has 0 spiro atoms. The monoisotopic (exact) mass is 462 g/mol. The van der Waals surface area contributed by atoms with E-state index in [1.54, 1.807) is 24.7 Å². The van der Waals surface area contributed by atoms with E-state index in [9.17, 15) is 9.18 Å². The van der Waals surface area contributed by atoms with Gasteiger partial charge in [0.05, 0.1) is 28.0 Å². The van der Waals surface area contributed by atoms with Gasteiger partial charge in [-0.2, -0.15) is 0 Å². The smallest absolute Gasteiger partial charge is 0.258 e. The van der Waals surface area contributed by atoms with Gasteiger partial charge in [-0.15, -0.1) is 0 Å². The van der Waals surface area contributed by atoms with E-state index in [0.717, 1.165) is 28.2 Å². The first-order chi connectivity index (χ1) is 17.1. The van der Waals surface area contributed by atoms with Crippen molar-refractivity contribution in [3.8, 4) is 11.4 Å². The van der Waals surface area contributed by atoms with E-state index in [-0.39, 0.29) is 5.91 Å². The molecule has 170 valence electrons. The summed E-state index contributed by atoms with van der Waals surface area (Å²) in [5, 5.41) is 6.20. The first-order valence-electron chi connectivity index (χ1n) is 11.0. The van der Waals surface area contributed by atoms with Gasteiger partial charge in [0.2, 0.25) is 0 Å². The summed E-state index contributed by atoms with van der Waals surface area (Å²) in [6, 6.07) is 17.7. The number of hydrogen-bond acceptors (Lipinski definition) is 5. The Kier molecular flexibility index (Phi) is 4.84. The van der Waals surface area contributed by atoms with Crippen molar-refractivity contribution >= 4 is 39.6 Å². The summed E-state index contributed by atoms with van der Waals surface area (Å²) < 4.78 is 15.8. The molecule has 2 aromatic heterocycles. The van der Waals surface area contributed by atoms with Gasteiger partial charge in [-0.25, -0.2) is 9.37 Å². The highest BCUT2D eigenvalue weighted by Crippen LogP contribution is 2.38. The van der Waals surface area contributed by atoms with Gasteiger partial charge in [0.1, 0.15) is 11.6 Å². The first-order valence-corrected chi connectivity index (χ1v) is 11.0. The van der Waals surface area contributed by atoms with Crippen molar-refractivity contribution in [1.82, 2.24) is 19.5 Å². The molecule has 0 radical (unpaired) electrons. The summed E-state index contributed by atoms with van der Waals surface area (Å²) in [4.78, 5) is 26.2. The molecule has 5 aromatic rings. The van der Waals surface area contributed by atoms with Gasteiger partial charge in [0.15, 0.2) is 0 Å². The molecule has 0 atom stereocenters. The van der Waals surface area contributed by atoms with E-state index in [1.807, 2.05) is 60.3 Å². The molecule has 2 N–H and O–H groups in total. The minimum atomic E-state index is -0.411. The summed E-state index contributed by atoms with van der Waals surface area (Å²) in [6.07, 6.45) is 6.91. The molecular weight excluding hydrogens is 443 g/mol. The first kappa shape index (κ1) is 20.7. The number of benzene rings is 3. The van der Waals surface area contributed by atoms with Crippen LogP contribution in [-0.2, 0) is 11.8 Å². The highest BCUT2D eigenvalue weighted by atomic mass is 19.1. The lowest BCUT2D eigenvalue weighted by Gasteiger charge is -2.15. The third kappa shape index (κ3) is 3.71. The van der Waals surface area contributed by atoms with Crippen LogP contribution < -0.4 is 10.6 Å². The van der Waals surface area contributed by atoms with Crippen molar-refractivity contribution in [3.63, 3.8) is 0 Å². The Morgan fingerprint density at radius 2 is 1.71 bits per heavy atom. The van der Waals surface area contributed by atoms with Crippen LogP contribution in [0.2, 0.25) is 0 Å². The van der Waals surface area contributed by atoms with Crippen LogP contribution in [0.25, 0.3) is 33.7 Å². The number of aryl methyl sites for hydroxylation is 1. The molecular formula is C27H19FN6O. The number of hydrogen-bond donors (Lipinski definition) is 2. The lowest BCUT2D eigenvalue weighted by Crippen LogP contribution is -2.10. The minimum absolute atomic E-state index is 0.308. The lowest BCUT2D eigenvalue weighted by molar-refractivity contribution is -0.110. The predicted octanol–water partition coefficient (Wildman–Crippen LogP) is 5.10. The molecule has 7 nitrogen and oxygen atoms in total. The van der Waals surface area contributed by atoms with E-state index in [1.165, 1.54) is 12.1 Å². The van der Waals surface area contributed by atoms with E-state index in [4.69, 9.17) is 0 Å². The Balaban J connectivity index is 1.48. The third-order valence-corrected chi connectivity index (χ3v) is 5.97. The molecule has 1 aliphatic heterocycles. The van der Waals surface area contributed by atoms with E-state index < -0.39 is 5.82 Å². The maximum atomic E-state index is 13.8. The number of amides is 1. The van der Waals surface area contributed by atoms with Crippen LogP contribution in [0.1, 0.15) is 11.1 Å². The fourth-order valence-electron chi connectivity index (χ4n) is 4.28. The molecule has 1 amide bonds. The van der Waals surface area contributed by atoms with Gasteiger partial charge < -0.3 is 15.2 Å². The van der Waals surface area contributed by atoms with E-state index in [2.05, 4.69) is 25.6 Å². The standard InChI is InChI=1S/C27H19FN6O/c1-34-13-12-31-26(34)16-2-6-19(7-3-16)32-25(17-4-9-21-23(14-17)30-11-10-29-21)24-20-8-5-18(28)15-22(20)33-27(24)35/h2-15,32H,1H3,(H,33,35). The zero-order valence-corrected chi connectivity index (χ0v) is 18.7. The molecule has 0 saturated carbocycles. The Morgan fingerprint density at radius 3 is 2.49 bits per heavy atom. The highest BCUT2D eigenvalue weighted by Gasteiger charge is 2.29. The Hall–Kier alpha value is -4.85. The highest BCUT2D eigenvalue weighted by molar-refractivity contribution is 6.37. The quantitative estimate of drug-likeness (QED) is 0.363. The SMILES string of the molecule is Cn1ccnc1-c1ccc(NC(=C2C(=O)Nc3cc(F)ccc32)c2ccc3nccnc3c2)cc1. The Morgan fingerprint density at radius 1 is 0.914 bits per heavy atom. The second-order valence-electron chi connectivity index (χ2n) is 8.22. The molecule has 0 unspecified atom stereocenters. The fourth-order valence-corrected chi connectivity index (χ4v) is 4.28. The van der Waals surface area contributed by atoms with Gasteiger partial charge in [0.25, 0.3) is 5.91 Å². The predicted molar refractivity (Wildman–Crippen MR) is 134 cm³/mol. The topological polar surface area (TPSA) is 84.7 Å². The summed E-state index contributed by atoms with van der Waals surface area (Å²) >= 11 is 0. The van der Waals surface area contributed by atoms with Crippen molar-refractivity contribution in [2.75, 3.05) is 10.6 Å². The molecule has 1 aliphatic rings. The van der Waals surface area contributed by atoms with Crippen molar-refractivity contribution in [2.24, 2.45) is 7.05 Å². The zero-order valence-electron chi connectivity index (χ0n) is 18.7. The number of imidazole rings is 1. The number of carbonyl (C=O) groups excluding carboxylic acids is 1. The molecule has 0 fully saturated rings. The third-order valence-electron chi connectivity index (χ3n) is 5.97. The van der Waals surface area contributed by atoms with Gasteiger partial charge in [-0.05, 0) is 54.6 Å². The number of anilines is 2. The summed E-state index contributed by atoms with van der Waals surface area (Å²) in [7, 11) is 1.94. The second kappa shape index (κ2) is 8.18. The number of nitrogens with one attached hydrogen (secondary N) is 2. The van der Waals surface area contributed by atoms with E-state index >= 15 is 0 Å². The molecule has 3 aromatic carbocycles. The normalized spacial score (nSPS) is 14.1. The van der Waals surface area contributed by atoms with Gasteiger partial charge in [-0.3, -0.25) is 14.8 Å². The number of fused-ring (bicyclic) bond motifs is 2. The van der Waals surface area contributed by atoms with Crippen LogP contribution in [-0.4, -0.2) is 25.4 Å². The van der Waals surface area contributed by atoms with Crippen LogP contribution in [0, 0.1) is 5.82 Å². The molecule has 6 rings (SSSR count). The second-order valence-corrected chi connectivity index (χ2v) is 8.22. The van der Waals surface area contributed by atoms with Gasteiger partial charge >= 0.3 is 0 Å². The maximum absolute atomic E-state index is 13.8. The summed E-state index contributed by atoms with van der Waals surface area (Å²) in [5.74, 6) is 0.136. The van der Waals surface area contributed by atoms with Crippen molar-refractivity contribution in [1.29, 1.82) is 0 Å². The largest absolute Gasteiger partial charge is 0.354 e. The number of nitrogens with zero attached hydrogens (tertiary/aromatic N) is 4. The van der Waals surface area contributed by atoms with Crippen LogP contribution >= 0.6 is 0 Å². The average Bonchev–Trinajstić information content (AvgIpc) is 3.44. The molecule has 0 saturated heterocycles. The summed E-state index contributed by atoms with van der Waals surface area (Å²) in [6.45, 7) is 0. The molecule has 35 heavy (non-hydrogen) atoms. The van der Waals surface area contributed by atoms with Gasteiger partial charge in [0, 0.05) is 54.2 Å². The molecule has 3 heterocycles. The van der Waals surface area contributed by atoms with Crippen LogP contribution in [0.3, 0.4) is 0 Å². The molecule has 0 aliphatic carbocycles. The van der Waals surface area contributed by atoms with Crippen LogP contribution in [0.4, 0.5) is 15.8 Å². The average molecular weight is 462 g/mol. The molecule has 0 bridgehead atoms. The van der Waals surface area contributed by atoms with Gasteiger partial charge in [-0.1, -0.05) is 6.07 Å². The van der Waals surface area contributed by atoms with Crippen LogP contribution in [0.5, 0.6) is 0 Å². The van der Waals surface area contributed by atoms with Crippen molar-refractivity contribution in [3.05, 3.63) is 102 Å². The lowest BCUT2D eigenvalue weighted by atomic mass is 9.99. The number of carbonyl (C=O) groups is 1. The van der Waals surface area contributed by atoms with Crippen LogP contribution in [0.15, 0.2) is 85.5 Å². The van der Waals surface area contributed by atoms with Crippen molar-refractivity contribution in [2.45, 2.75) is 0 Å². The zero-order chi connectivity index (χ0) is 23.9. The number of aromatic nitrogens is 4. The molecule has 8 heteroatoms. The Labute approximate surface area is 200 Å². The fraction of sp³-hybridized carbons (Fsp3) is 0.0370. The maximum Gasteiger partial charge on any atom is 0.258 e. The Bertz CT molecular complexity index is 1640. The minimum Gasteiger partial charge on any atom is -0.354 e. The van der Waals surface area contributed by atoms with E-state index in [0.29, 0.717) is 28.0 Å².